The second-order valence-electron chi connectivity index (χ2n) is 6.17. The molecule has 1 atom stereocenters. The molecule has 1 aromatic carbocycles. The van der Waals surface area contributed by atoms with Crippen LogP contribution in [0.2, 0.25) is 0 Å². The summed E-state index contributed by atoms with van der Waals surface area (Å²) in [4.78, 5) is 15.1. The molecule has 1 aliphatic heterocycles. The predicted molar refractivity (Wildman–Crippen MR) is 87.3 cm³/mol. The quantitative estimate of drug-likeness (QED) is 0.726. The summed E-state index contributed by atoms with van der Waals surface area (Å²) in [7, 11) is 0. The Morgan fingerprint density at radius 3 is 2.76 bits per heavy atom. The maximum atomic E-state index is 13.5. The average molecular weight is 345 g/mol. The van der Waals surface area contributed by atoms with Crippen molar-refractivity contribution in [2.75, 3.05) is 18.0 Å². The van der Waals surface area contributed by atoms with E-state index >= 15 is 0 Å². The molecule has 8 heteroatoms. The number of benzene rings is 1. The van der Waals surface area contributed by atoms with Gasteiger partial charge in [0.25, 0.3) is 0 Å². The number of piperidine rings is 1. The number of halogens is 2. The first-order valence-electron chi connectivity index (χ1n) is 8.33. The minimum absolute atomic E-state index is 0.153. The second-order valence-corrected chi connectivity index (χ2v) is 6.17. The third kappa shape index (κ3) is 3.04. The topological polar surface area (TPSA) is 67.9 Å². The van der Waals surface area contributed by atoms with Gasteiger partial charge in [0.05, 0.1) is 17.2 Å². The molecule has 0 N–H and O–H groups in total. The van der Waals surface area contributed by atoms with Crippen molar-refractivity contribution >= 4 is 16.9 Å². The van der Waals surface area contributed by atoms with Crippen LogP contribution in [0.1, 0.15) is 37.4 Å². The maximum absolute atomic E-state index is 13.5. The van der Waals surface area contributed by atoms with Crippen molar-refractivity contribution in [3.63, 3.8) is 0 Å². The number of rotatable bonds is 3. The largest absolute Gasteiger partial charge is 0.355 e. The van der Waals surface area contributed by atoms with Crippen molar-refractivity contribution in [1.82, 2.24) is 20.1 Å². The van der Waals surface area contributed by atoms with Gasteiger partial charge in [0, 0.05) is 37.6 Å². The van der Waals surface area contributed by atoms with Crippen LogP contribution in [0.15, 0.2) is 22.9 Å². The predicted octanol–water partition coefficient (Wildman–Crippen LogP) is 3.24. The van der Waals surface area contributed by atoms with Crippen molar-refractivity contribution in [2.45, 2.75) is 32.1 Å². The van der Waals surface area contributed by atoms with Gasteiger partial charge in [0.1, 0.15) is 5.82 Å². The van der Waals surface area contributed by atoms with Gasteiger partial charge in [-0.3, -0.25) is 4.98 Å². The fraction of sp³-hybridized carbons (Fsp3) is 0.412. The van der Waals surface area contributed by atoms with Gasteiger partial charge in [-0.05, 0) is 12.8 Å². The molecular formula is C17H17F2N5O. The molecule has 0 bridgehead atoms. The van der Waals surface area contributed by atoms with Crippen molar-refractivity contribution in [2.24, 2.45) is 0 Å². The molecule has 1 saturated heterocycles. The first-order valence-corrected chi connectivity index (χ1v) is 8.33. The zero-order chi connectivity index (χ0) is 17.4. The summed E-state index contributed by atoms with van der Waals surface area (Å²) in [6.07, 6.45) is 4.23. The van der Waals surface area contributed by atoms with Crippen LogP contribution in [-0.4, -0.2) is 33.2 Å². The molecule has 1 fully saturated rings. The van der Waals surface area contributed by atoms with E-state index < -0.39 is 11.6 Å². The SMILES string of the molecule is CCc1nc([C@H]2CCCN(c3cnc4cc(F)c(F)cc4n3)C2)no1. The Morgan fingerprint density at radius 1 is 1.20 bits per heavy atom. The van der Waals surface area contributed by atoms with Crippen LogP contribution < -0.4 is 4.90 Å². The molecule has 2 aromatic heterocycles. The highest BCUT2D eigenvalue weighted by Crippen LogP contribution is 2.28. The molecule has 0 saturated carbocycles. The highest BCUT2D eigenvalue weighted by atomic mass is 19.2. The number of aromatic nitrogens is 4. The van der Waals surface area contributed by atoms with Gasteiger partial charge >= 0.3 is 0 Å². The highest BCUT2D eigenvalue weighted by molar-refractivity contribution is 5.75. The Balaban J connectivity index is 1.60. The Kier molecular flexibility index (Phi) is 4.03. The number of hydrogen-bond acceptors (Lipinski definition) is 6. The van der Waals surface area contributed by atoms with E-state index in [0.717, 1.165) is 31.5 Å². The van der Waals surface area contributed by atoms with E-state index in [4.69, 9.17) is 4.52 Å². The van der Waals surface area contributed by atoms with Gasteiger partial charge in [-0.1, -0.05) is 12.1 Å². The second kappa shape index (κ2) is 6.34. The van der Waals surface area contributed by atoms with Gasteiger partial charge in [-0.15, -0.1) is 0 Å². The smallest absolute Gasteiger partial charge is 0.226 e. The van der Waals surface area contributed by atoms with E-state index in [1.165, 1.54) is 0 Å². The Morgan fingerprint density at radius 2 is 2.00 bits per heavy atom. The molecule has 0 amide bonds. The van der Waals surface area contributed by atoms with E-state index in [1.54, 1.807) is 6.20 Å². The van der Waals surface area contributed by atoms with E-state index in [1.807, 2.05) is 6.92 Å². The zero-order valence-electron chi connectivity index (χ0n) is 13.7. The minimum Gasteiger partial charge on any atom is -0.355 e. The van der Waals surface area contributed by atoms with Crippen molar-refractivity contribution < 1.29 is 13.3 Å². The Labute approximate surface area is 142 Å². The summed E-state index contributed by atoms with van der Waals surface area (Å²) in [6.45, 7) is 3.47. The van der Waals surface area contributed by atoms with Gasteiger partial charge in [-0.25, -0.2) is 13.8 Å². The summed E-state index contributed by atoms with van der Waals surface area (Å²) < 4.78 is 32.0. The molecular weight excluding hydrogens is 328 g/mol. The number of nitrogens with zero attached hydrogens (tertiary/aromatic N) is 5. The molecule has 3 heterocycles. The molecule has 0 radical (unpaired) electrons. The van der Waals surface area contributed by atoms with Crippen LogP contribution in [-0.2, 0) is 6.42 Å². The standard InChI is InChI=1S/C17H17F2N5O/c1-2-16-22-17(23-25-16)10-4-3-5-24(9-10)15-8-20-13-6-11(18)12(19)7-14(13)21-15/h6-8,10H,2-5,9H2,1H3/t10-/m0/s1. The lowest BCUT2D eigenvalue weighted by atomic mass is 9.97. The number of aryl methyl sites for hydroxylation is 1. The Bertz CT molecular complexity index is 913. The fourth-order valence-electron chi connectivity index (χ4n) is 3.12. The molecule has 1 aliphatic rings. The van der Waals surface area contributed by atoms with Crippen molar-refractivity contribution in [1.29, 1.82) is 0 Å². The van der Waals surface area contributed by atoms with E-state index in [9.17, 15) is 8.78 Å². The summed E-state index contributed by atoms with van der Waals surface area (Å²) >= 11 is 0. The summed E-state index contributed by atoms with van der Waals surface area (Å²) in [5.41, 5.74) is 0.674. The molecule has 0 unspecified atom stereocenters. The van der Waals surface area contributed by atoms with Gasteiger partial charge in [-0.2, -0.15) is 4.98 Å². The summed E-state index contributed by atoms with van der Waals surface area (Å²) in [5.74, 6) is 0.298. The van der Waals surface area contributed by atoms with Crippen LogP contribution in [0.4, 0.5) is 14.6 Å². The maximum Gasteiger partial charge on any atom is 0.226 e. The first kappa shape index (κ1) is 15.9. The third-order valence-corrected chi connectivity index (χ3v) is 4.47. The van der Waals surface area contributed by atoms with Crippen LogP contribution in [0, 0.1) is 11.6 Å². The zero-order valence-corrected chi connectivity index (χ0v) is 13.7. The monoisotopic (exact) mass is 345 g/mol. The molecule has 4 rings (SSSR count). The minimum atomic E-state index is -0.922. The lowest BCUT2D eigenvalue weighted by molar-refractivity contribution is 0.368. The van der Waals surface area contributed by atoms with E-state index in [2.05, 4.69) is 25.0 Å². The summed E-state index contributed by atoms with van der Waals surface area (Å²) in [6, 6.07) is 2.14. The average Bonchev–Trinajstić information content (AvgIpc) is 3.12. The molecule has 6 nitrogen and oxygen atoms in total. The molecule has 130 valence electrons. The Hall–Kier alpha value is -2.64. The van der Waals surface area contributed by atoms with Crippen LogP contribution >= 0.6 is 0 Å². The summed E-state index contributed by atoms with van der Waals surface area (Å²) in [5, 5.41) is 4.07. The normalized spacial score (nSPS) is 18.0. The third-order valence-electron chi connectivity index (χ3n) is 4.47. The van der Waals surface area contributed by atoms with Crippen molar-refractivity contribution in [3.05, 3.63) is 41.7 Å². The molecule has 0 spiro atoms. The lowest BCUT2D eigenvalue weighted by Gasteiger charge is -2.32. The molecule has 25 heavy (non-hydrogen) atoms. The first-order chi connectivity index (χ1) is 12.1. The molecule has 3 aromatic rings. The highest BCUT2D eigenvalue weighted by Gasteiger charge is 2.26. The number of anilines is 1. The van der Waals surface area contributed by atoms with Gasteiger partial charge in [0.2, 0.25) is 5.89 Å². The fourth-order valence-corrected chi connectivity index (χ4v) is 3.12. The van der Waals surface area contributed by atoms with Gasteiger partial charge < -0.3 is 9.42 Å². The number of hydrogen-bond donors (Lipinski definition) is 0. The van der Waals surface area contributed by atoms with Gasteiger partial charge in [0.15, 0.2) is 17.5 Å². The number of fused-ring (bicyclic) bond motifs is 1. The lowest BCUT2D eigenvalue weighted by Crippen LogP contribution is -2.35. The van der Waals surface area contributed by atoms with Crippen LogP contribution in [0.3, 0.4) is 0 Å². The van der Waals surface area contributed by atoms with E-state index in [0.29, 0.717) is 41.5 Å². The van der Waals surface area contributed by atoms with Crippen molar-refractivity contribution in [3.8, 4) is 0 Å². The van der Waals surface area contributed by atoms with Crippen LogP contribution in [0.25, 0.3) is 11.0 Å². The van der Waals surface area contributed by atoms with Crippen LogP contribution in [0.5, 0.6) is 0 Å². The molecule has 0 aliphatic carbocycles. The van der Waals surface area contributed by atoms with E-state index in [-0.39, 0.29) is 5.92 Å².